The van der Waals surface area contributed by atoms with Crippen molar-refractivity contribution < 1.29 is 5.11 Å². The summed E-state index contributed by atoms with van der Waals surface area (Å²) < 4.78 is 0. The molecular formula is C22H20O. The van der Waals surface area contributed by atoms with Crippen molar-refractivity contribution in [2.45, 2.75) is 0 Å². The Morgan fingerprint density at radius 2 is 1.09 bits per heavy atom. The molecule has 0 heterocycles. The second-order valence-electron chi connectivity index (χ2n) is 4.92. The van der Waals surface area contributed by atoms with E-state index in [-0.39, 0.29) is 0 Å². The standard InChI is InChI=1S/C12H10O.C10H10/c13-12-9-5-4-8-11(12)10-6-2-1-3-7-10;1-3-9-7-5-6-8-10(9)4-2/h1-9,13H;3-8H,1-2H2. The Morgan fingerprint density at radius 1 is 0.609 bits per heavy atom. The van der Waals surface area contributed by atoms with E-state index < -0.39 is 0 Å². The maximum atomic E-state index is 9.56. The van der Waals surface area contributed by atoms with Crippen LogP contribution in [0, 0.1) is 0 Å². The summed E-state index contributed by atoms with van der Waals surface area (Å²) in [7, 11) is 0. The summed E-state index contributed by atoms with van der Waals surface area (Å²) in [6, 6.07) is 25.2. The minimum Gasteiger partial charge on any atom is -0.507 e. The first-order chi connectivity index (χ1) is 11.3. The lowest BCUT2D eigenvalue weighted by molar-refractivity contribution is 0.477. The van der Waals surface area contributed by atoms with E-state index in [4.69, 9.17) is 0 Å². The number of benzene rings is 3. The highest BCUT2D eigenvalue weighted by atomic mass is 16.3. The highest BCUT2D eigenvalue weighted by Crippen LogP contribution is 2.27. The molecule has 1 nitrogen and oxygen atoms in total. The first-order valence-corrected chi connectivity index (χ1v) is 7.43. The van der Waals surface area contributed by atoms with Crippen LogP contribution in [0.25, 0.3) is 23.3 Å². The maximum Gasteiger partial charge on any atom is 0.123 e. The van der Waals surface area contributed by atoms with Gasteiger partial charge in [-0.1, -0.05) is 98.1 Å². The van der Waals surface area contributed by atoms with Gasteiger partial charge in [0.15, 0.2) is 0 Å². The summed E-state index contributed by atoms with van der Waals surface area (Å²) in [5.74, 6) is 0.328. The Balaban J connectivity index is 0.000000174. The van der Waals surface area contributed by atoms with Gasteiger partial charge >= 0.3 is 0 Å². The molecule has 3 rings (SSSR count). The molecule has 114 valence electrons. The summed E-state index contributed by atoms with van der Waals surface area (Å²) in [6.45, 7) is 7.38. The van der Waals surface area contributed by atoms with Crippen LogP contribution in [0.15, 0.2) is 92.0 Å². The van der Waals surface area contributed by atoms with Crippen molar-refractivity contribution >= 4 is 12.2 Å². The number of hydrogen-bond acceptors (Lipinski definition) is 1. The Morgan fingerprint density at radius 3 is 1.61 bits per heavy atom. The van der Waals surface area contributed by atoms with E-state index in [2.05, 4.69) is 13.2 Å². The van der Waals surface area contributed by atoms with Gasteiger partial charge in [0.2, 0.25) is 0 Å². The molecule has 1 N–H and O–H groups in total. The summed E-state index contributed by atoms with van der Waals surface area (Å²) in [5.41, 5.74) is 4.19. The minimum absolute atomic E-state index is 0.328. The Hall–Kier alpha value is -3.06. The number of para-hydroxylation sites is 1. The zero-order valence-electron chi connectivity index (χ0n) is 13.0. The van der Waals surface area contributed by atoms with Crippen LogP contribution in [0.5, 0.6) is 5.75 Å². The number of hydrogen-bond donors (Lipinski definition) is 1. The lowest BCUT2D eigenvalue weighted by Crippen LogP contribution is -1.76. The number of phenols is 1. The fraction of sp³-hybridized carbons (Fsp3) is 0. The molecule has 0 radical (unpaired) electrons. The largest absolute Gasteiger partial charge is 0.507 e. The summed E-state index contributed by atoms with van der Waals surface area (Å²) in [4.78, 5) is 0. The van der Waals surface area contributed by atoms with E-state index in [1.807, 2.05) is 84.9 Å². The van der Waals surface area contributed by atoms with Crippen molar-refractivity contribution in [2.24, 2.45) is 0 Å². The Kier molecular flexibility index (Phi) is 5.96. The molecule has 0 amide bonds. The third-order valence-corrected chi connectivity index (χ3v) is 3.42. The third kappa shape index (κ3) is 4.45. The molecular weight excluding hydrogens is 280 g/mol. The van der Waals surface area contributed by atoms with E-state index >= 15 is 0 Å². The smallest absolute Gasteiger partial charge is 0.123 e. The van der Waals surface area contributed by atoms with Gasteiger partial charge in [0, 0.05) is 5.56 Å². The molecule has 0 saturated heterocycles. The van der Waals surface area contributed by atoms with E-state index in [0.717, 1.165) is 22.3 Å². The number of aromatic hydroxyl groups is 1. The Labute approximate surface area is 137 Å². The number of rotatable bonds is 3. The van der Waals surface area contributed by atoms with Crippen LogP contribution >= 0.6 is 0 Å². The molecule has 0 atom stereocenters. The predicted octanol–water partition coefficient (Wildman–Crippen LogP) is 6.03. The fourth-order valence-corrected chi connectivity index (χ4v) is 2.22. The lowest BCUT2D eigenvalue weighted by Gasteiger charge is -2.02. The average molecular weight is 300 g/mol. The van der Waals surface area contributed by atoms with Crippen LogP contribution < -0.4 is 0 Å². The molecule has 0 saturated carbocycles. The van der Waals surface area contributed by atoms with Gasteiger partial charge in [-0.2, -0.15) is 0 Å². The molecule has 1 heteroatoms. The third-order valence-electron chi connectivity index (χ3n) is 3.42. The SMILES string of the molecule is C=Cc1ccccc1C=C.Oc1ccccc1-c1ccccc1. The van der Waals surface area contributed by atoms with Crippen LogP contribution in [0.2, 0.25) is 0 Å². The van der Waals surface area contributed by atoms with Gasteiger partial charge in [-0.25, -0.2) is 0 Å². The van der Waals surface area contributed by atoms with Crippen LogP contribution in [0.1, 0.15) is 11.1 Å². The molecule has 0 bridgehead atoms. The van der Waals surface area contributed by atoms with Crippen LogP contribution in [-0.2, 0) is 0 Å². The molecule has 0 fully saturated rings. The van der Waals surface area contributed by atoms with E-state index in [1.54, 1.807) is 6.07 Å². The van der Waals surface area contributed by atoms with Gasteiger partial charge in [0.05, 0.1) is 0 Å². The highest BCUT2D eigenvalue weighted by molar-refractivity contribution is 5.69. The van der Waals surface area contributed by atoms with Gasteiger partial charge in [0.25, 0.3) is 0 Å². The molecule has 23 heavy (non-hydrogen) atoms. The zero-order chi connectivity index (χ0) is 16.5. The first-order valence-electron chi connectivity index (χ1n) is 7.43. The maximum absolute atomic E-state index is 9.56. The zero-order valence-corrected chi connectivity index (χ0v) is 13.0. The molecule has 3 aromatic rings. The van der Waals surface area contributed by atoms with E-state index in [9.17, 15) is 5.11 Å². The van der Waals surface area contributed by atoms with Crippen molar-refractivity contribution in [3.05, 3.63) is 103 Å². The van der Waals surface area contributed by atoms with E-state index in [0.29, 0.717) is 5.75 Å². The van der Waals surface area contributed by atoms with E-state index in [1.165, 1.54) is 0 Å². The van der Waals surface area contributed by atoms with Crippen LogP contribution in [0.4, 0.5) is 0 Å². The van der Waals surface area contributed by atoms with Gasteiger partial charge in [-0.05, 0) is 22.8 Å². The normalized spacial score (nSPS) is 9.39. The first kappa shape index (κ1) is 16.3. The van der Waals surface area contributed by atoms with Gasteiger partial charge < -0.3 is 5.11 Å². The fourth-order valence-electron chi connectivity index (χ4n) is 2.22. The molecule has 0 aliphatic rings. The van der Waals surface area contributed by atoms with Crippen molar-refractivity contribution in [1.29, 1.82) is 0 Å². The van der Waals surface area contributed by atoms with Gasteiger partial charge in [0.1, 0.15) is 5.75 Å². The van der Waals surface area contributed by atoms with Crippen molar-refractivity contribution in [2.75, 3.05) is 0 Å². The minimum atomic E-state index is 0.328. The molecule has 0 aliphatic heterocycles. The average Bonchev–Trinajstić information content (AvgIpc) is 2.63. The number of phenolic OH excluding ortho intramolecular Hbond substituents is 1. The molecule has 0 unspecified atom stereocenters. The quantitative estimate of drug-likeness (QED) is 0.626. The molecule has 0 aromatic heterocycles. The lowest BCUT2D eigenvalue weighted by atomic mass is 10.1. The van der Waals surface area contributed by atoms with Gasteiger partial charge in [-0.15, -0.1) is 0 Å². The summed E-state index contributed by atoms with van der Waals surface area (Å²) >= 11 is 0. The molecule has 3 aromatic carbocycles. The van der Waals surface area contributed by atoms with Crippen molar-refractivity contribution in [3.8, 4) is 16.9 Å². The summed E-state index contributed by atoms with van der Waals surface area (Å²) in [5, 5.41) is 9.56. The highest BCUT2D eigenvalue weighted by Gasteiger charge is 2.00. The van der Waals surface area contributed by atoms with Gasteiger partial charge in [-0.3, -0.25) is 0 Å². The molecule has 0 aliphatic carbocycles. The predicted molar refractivity (Wildman–Crippen MR) is 100 cm³/mol. The Bertz CT molecular complexity index is 746. The monoisotopic (exact) mass is 300 g/mol. The topological polar surface area (TPSA) is 20.2 Å². The van der Waals surface area contributed by atoms with Crippen molar-refractivity contribution in [3.63, 3.8) is 0 Å². The van der Waals surface area contributed by atoms with Crippen LogP contribution in [-0.4, -0.2) is 5.11 Å². The second-order valence-corrected chi connectivity index (χ2v) is 4.92. The molecule has 0 spiro atoms. The van der Waals surface area contributed by atoms with Crippen LogP contribution in [0.3, 0.4) is 0 Å². The second kappa shape index (κ2) is 8.40. The van der Waals surface area contributed by atoms with Crippen molar-refractivity contribution in [1.82, 2.24) is 0 Å². The summed E-state index contributed by atoms with van der Waals surface area (Å²) in [6.07, 6.45) is 3.66.